The summed E-state index contributed by atoms with van der Waals surface area (Å²) in [5, 5.41) is 2.81. The Morgan fingerprint density at radius 2 is 1.62 bits per heavy atom. The van der Waals surface area contributed by atoms with Crippen LogP contribution in [-0.2, 0) is 20.8 Å². The van der Waals surface area contributed by atoms with Crippen molar-refractivity contribution >= 4 is 63.0 Å². The monoisotopic (exact) mass is 529 g/mol. The van der Waals surface area contributed by atoms with Crippen molar-refractivity contribution in [2.45, 2.75) is 6.42 Å². The number of fused-ring (bicyclic) bond motifs is 1. The van der Waals surface area contributed by atoms with Crippen molar-refractivity contribution in [2.75, 3.05) is 30.4 Å². The summed E-state index contributed by atoms with van der Waals surface area (Å²) in [6, 6.07) is 24.0. The van der Waals surface area contributed by atoms with Gasteiger partial charge in [-0.1, -0.05) is 72.5 Å². The second-order valence-electron chi connectivity index (χ2n) is 8.45. The summed E-state index contributed by atoms with van der Waals surface area (Å²) in [6.07, 6.45) is 0.651. The SMILES string of the molecule is COc1ccc(NC(=O)CN2C(=O)C(=C3SC(=S)N(CCc4ccccc4)C3=O)c3ccccc32)cc1. The van der Waals surface area contributed by atoms with E-state index < -0.39 is 5.91 Å². The van der Waals surface area contributed by atoms with Gasteiger partial charge in [0.05, 0.1) is 23.3 Å². The second-order valence-corrected chi connectivity index (χ2v) is 10.1. The molecular weight excluding hydrogens is 506 g/mol. The zero-order valence-corrected chi connectivity index (χ0v) is 21.6. The van der Waals surface area contributed by atoms with Gasteiger partial charge < -0.3 is 10.1 Å². The van der Waals surface area contributed by atoms with E-state index >= 15 is 0 Å². The van der Waals surface area contributed by atoms with Gasteiger partial charge in [-0.3, -0.25) is 24.2 Å². The summed E-state index contributed by atoms with van der Waals surface area (Å²) in [5.41, 5.74) is 3.17. The maximum absolute atomic E-state index is 13.6. The number of hydrogen-bond acceptors (Lipinski definition) is 6. The third-order valence-electron chi connectivity index (χ3n) is 6.14. The van der Waals surface area contributed by atoms with Crippen molar-refractivity contribution in [1.29, 1.82) is 0 Å². The van der Waals surface area contributed by atoms with E-state index in [2.05, 4.69) is 5.32 Å². The number of ether oxygens (including phenoxy) is 1. The molecule has 2 aliphatic heterocycles. The molecular formula is C28H23N3O4S2. The van der Waals surface area contributed by atoms with E-state index in [4.69, 9.17) is 17.0 Å². The number of para-hydroxylation sites is 1. The van der Waals surface area contributed by atoms with Gasteiger partial charge in [0.25, 0.3) is 11.8 Å². The largest absolute Gasteiger partial charge is 0.497 e. The molecule has 0 aliphatic carbocycles. The van der Waals surface area contributed by atoms with Gasteiger partial charge in [0, 0.05) is 17.8 Å². The zero-order valence-electron chi connectivity index (χ0n) is 20.0. The van der Waals surface area contributed by atoms with Crippen LogP contribution >= 0.6 is 24.0 Å². The first kappa shape index (κ1) is 24.7. The Morgan fingerprint density at radius 1 is 0.919 bits per heavy atom. The molecule has 0 atom stereocenters. The summed E-state index contributed by atoms with van der Waals surface area (Å²) >= 11 is 6.64. The topological polar surface area (TPSA) is 79.0 Å². The van der Waals surface area contributed by atoms with Crippen LogP contribution in [0.4, 0.5) is 11.4 Å². The number of hydrogen-bond donors (Lipinski definition) is 1. The van der Waals surface area contributed by atoms with Gasteiger partial charge in [-0.15, -0.1) is 0 Å². The van der Waals surface area contributed by atoms with Gasteiger partial charge in [0.15, 0.2) is 0 Å². The van der Waals surface area contributed by atoms with Crippen LogP contribution in [0.5, 0.6) is 5.75 Å². The van der Waals surface area contributed by atoms with E-state index in [0.29, 0.717) is 44.9 Å². The Labute approximate surface area is 224 Å². The summed E-state index contributed by atoms with van der Waals surface area (Å²) < 4.78 is 5.56. The molecule has 0 unspecified atom stereocenters. The van der Waals surface area contributed by atoms with Crippen LogP contribution in [0.3, 0.4) is 0 Å². The number of nitrogens with one attached hydrogen (secondary N) is 1. The molecule has 3 aromatic carbocycles. The lowest BCUT2D eigenvalue weighted by atomic mass is 10.1. The number of methoxy groups -OCH3 is 1. The van der Waals surface area contributed by atoms with Crippen molar-refractivity contribution in [1.82, 2.24) is 4.90 Å². The van der Waals surface area contributed by atoms with E-state index in [1.807, 2.05) is 36.4 Å². The second kappa shape index (κ2) is 10.6. The standard InChI is InChI=1S/C28H23N3O4S2/c1-35-20-13-11-19(12-14-20)29-23(32)17-31-22-10-6-5-9-21(22)24(26(31)33)25-27(34)30(28(36)37-25)16-15-18-7-3-2-4-8-18/h2-14H,15-17H2,1H3,(H,29,32). The van der Waals surface area contributed by atoms with Gasteiger partial charge in [0.1, 0.15) is 16.6 Å². The molecule has 9 heteroatoms. The number of thiocarbonyl (C=S) groups is 1. The lowest BCUT2D eigenvalue weighted by molar-refractivity contribution is -0.122. The van der Waals surface area contributed by atoms with Crippen LogP contribution < -0.4 is 15.0 Å². The molecule has 0 spiro atoms. The molecule has 1 fully saturated rings. The Balaban J connectivity index is 1.37. The summed E-state index contributed by atoms with van der Waals surface area (Å²) in [5.74, 6) is -0.361. The van der Waals surface area contributed by atoms with Crippen molar-refractivity contribution in [2.24, 2.45) is 0 Å². The molecule has 186 valence electrons. The predicted molar refractivity (Wildman–Crippen MR) is 149 cm³/mol. The maximum Gasteiger partial charge on any atom is 0.267 e. The van der Waals surface area contributed by atoms with E-state index in [-0.39, 0.29) is 23.9 Å². The Morgan fingerprint density at radius 3 is 2.35 bits per heavy atom. The van der Waals surface area contributed by atoms with Gasteiger partial charge >= 0.3 is 0 Å². The zero-order chi connectivity index (χ0) is 25.9. The first-order chi connectivity index (χ1) is 18.0. The molecule has 0 bridgehead atoms. The van der Waals surface area contributed by atoms with Gasteiger partial charge in [-0.2, -0.15) is 0 Å². The third-order valence-corrected chi connectivity index (χ3v) is 7.59. The highest BCUT2D eigenvalue weighted by atomic mass is 32.2. The molecule has 0 aromatic heterocycles. The Kier molecular flexibility index (Phi) is 7.07. The average Bonchev–Trinajstić information content (AvgIpc) is 3.35. The Hall–Kier alpha value is -3.95. The Bertz CT molecular complexity index is 1420. The molecule has 3 amide bonds. The molecule has 2 aliphatic rings. The predicted octanol–water partition coefficient (Wildman–Crippen LogP) is 4.49. The molecule has 37 heavy (non-hydrogen) atoms. The quantitative estimate of drug-likeness (QED) is 0.359. The lowest BCUT2D eigenvalue weighted by Gasteiger charge is -2.17. The minimum Gasteiger partial charge on any atom is -0.497 e. The van der Waals surface area contributed by atoms with E-state index in [9.17, 15) is 14.4 Å². The number of benzene rings is 3. The number of rotatable bonds is 7. The molecule has 1 saturated heterocycles. The molecule has 0 radical (unpaired) electrons. The fraction of sp³-hybridized carbons (Fsp3) is 0.143. The first-order valence-electron chi connectivity index (χ1n) is 11.6. The molecule has 2 heterocycles. The summed E-state index contributed by atoms with van der Waals surface area (Å²) in [4.78, 5) is 43.1. The molecule has 1 N–H and O–H groups in total. The highest BCUT2D eigenvalue weighted by Crippen LogP contribution is 2.44. The van der Waals surface area contributed by atoms with Crippen LogP contribution in [0, 0.1) is 0 Å². The number of anilines is 2. The number of nitrogens with zero attached hydrogens (tertiary/aromatic N) is 2. The van der Waals surface area contributed by atoms with Gasteiger partial charge in [0.2, 0.25) is 5.91 Å². The van der Waals surface area contributed by atoms with Crippen LogP contribution in [0.15, 0.2) is 83.8 Å². The molecule has 3 aromatic rings. The van der Waals surface area contributed by atoms with E-state index in [1.54, 1.807) is 54.5 Å². The fourth-order valence-corrected chi connectivity index (χ4v) is 5.68. The molecule has 0 saturated carbocycles. The van der Waals surface area contributed by atoms with Gasteiger partial charge in [-0.05, 0) is 42.3 Å². The number of amides is 3. The number of thioether (sulfide) groups is 1. The highest BCUT2D eigenvalue weighted by Gasteiger charge is 2.42. The van der Waals surface area contributed by atoms with Crippen LogP contribution in [-0.4, -0.2) is 47.1 Å². The van der Waals surface area contributed by atoms with Crippen molar-refractivity contribution in [3.63, 3.8) is 0 Å². The minimum absolute atomic E-state index is 0.195. The number of carbonyl (C=O) groups is 3. The van der Waals surface area contributed by atoms with Crippen LogP contribution in [0.1, 0.15) is 11.1 Å². The first-order valence-corrected chi connectivity index (χ1v) is 12.9. The highest BCUT2D eigenvalue weighted by molar-refractivity contribution is 8.26. The van der Waals surface area contributed by atoms with E-state index in [0.717, 1.165) is 17.3 Å². The lowest BCUT2D eigenvalue weighted by Crippen LogP contribution is -2.35. The smallest absolute Gasteiger partial charge is 0.267 e. The van der Waals surface area contributed by atoms with Crippen molar-refractivity contribution in [3.8, 4) is 5.75 Å². The fourth-order valence-electron chi connectivity index (χ4n) is 4.30. The maximum atomic E-state index is 13.6. The van der Waals surface area contributed by atoms with Crippen LogP contribution in [0.2, 0.25) is 0 Å². The molecule has 7 nitrogen and oxygen atoms in total. The summed E-state index contributed by atoms with van der Waals surface area (Å²) in [6.45, 7) is 0.231. The minimum atomic E-state index is -0.394. The van der Waals surface area contributed by atoms with Crippen LogP contribution in [0.25, 0.3) is 5.57 Å². The van der Waals surface area contributed by atoms with Gasteiger partial charge in [-0.25, -0.2) is 0 Å². The number of carbonyl (C=O) groups excluding carboxylic acids is 3. The van der Waals surface area contributed by atoms with Crippen molar-refractivity contribution in [3.05, 3.63) is 94.9 Å². The molecule has 5 rings (SSSR count). The third kappa shape index (κ3) is 5.00. The normalized spacial score (nSPS) is 16.8. The van der Waals surface area contributed by atoms with E-state index in [1.165, 1.54) is 4.90 Å². The van der Waals surface area contributed by atoms with Crippen molar-refractivity contribution < 1.29 is 19.1 Å². The summed E-state index contributed by atoms with van der Waals surface area (Å²) in [7, 11) is 1.57. The average molecular weight is 530 g/mol.